The van der Waals surface area contributed by atoms with E-state index in [1.165, 1.54) is 0 Å². The summed E-state index contributed by atoms with van der Waals surface area (Å²) in [5.74, 6) is 0.904. The molecule has 2 unspecified atom stereocenters. The number of amides is 1. The van der Waals surface area contributed by atoms with Gasteiger partial charge in [-0.2, -0.15) is 5.10 Å². The second-order valence-electron chi connectivity index (χ2n) is 5.51. The second-order valence-corrected chi connectivity index (χ2v) is 6.72. The first-order chi connectivity index (χ1) is 10.6. The number of ketones is 1. The van der Waals surface area contributed by atoms with E-state index in [1.807, 2.05) is 13.0 Å². The Morgan fingerprint density at radius 3 is 2.91 bits per heavy atom. The average Bonchev–Trinajstić information content (AvgIpc) is 3.01. The van der Waals surface area contributed by atoms with E-state index in [0.717, 1.165) is 23.6 Å². The SMILES string of the molecule is CC1CC(=O)NN=C1c1ccc(C(=O)C2NCCS2)cc1N. The number of carbonyl (C=O) groups is 2. The number of benzene rings is 1. The lowest BCUT2D eigenvalue weighted by Crippen LogP contribution is -2.32. The first-order valence-corrected chi connectivity index (χ1v) is 8.26. The van der Waals surface area contributed by atoms with Crippen molar-refractivity contribution in [3.8, 4) is 0 Å². The van der Waals surface area contributed by atoms with Crippen LogP contribution in [0.4, 0.5) is 5.69 Å². The van der Waals surface area contributed by atoms with Gasteiger partial charge >= 0.3 is 0 Å². The highest BCUT2D eigenvalue weighted by molar-refractivity contribution is 8.00. The largest absolute Gasteiger partial charge is 0.398 e. The number of nitrogens with one attached hydrogen (secondary N) is 2. The number of rotatable bonds is 3. The summed E-state index contributed by atoms with van der Waals surface area (Å²) in [7, 11) is 0. The highest BCUT2D eigenvalue weighted by atomic mass is 32.2. The third kappa shape index (κ3) is 2.86. The molecule has 7 heteroatoms. The van der Waals surface area contributed by atoms with Crippen LogP contribution in [-0.4, -0.2) is 35.1 Å². The maximum absolute atomic E-state index is 12.4. The molecule has 2 aliphatic rings. The molecule has 2 heterocycles. The van der Waals surface area contributed by atoms with E-state index >= 15 is 0 Å². The molecule has 0 saturated carbocycles. The van der Waals surface area contributed by atoms with Gasteiger partial charge in [-0.15, -0.1) is 11.8 Å². The summed E-state index contributed by atoms with van der Waals surface area (Å²) < 4.78 is 0. The van der Waals surface area contributed by atoms with Crippen molar-refractivity contribution < 1.29 is 9.59 Å². The van der Waals surface area contributed by atoms with Gasteiger partial charge in [-0.3, -0.25) is 14.9 Å². The van der Waals surface area contributed by atoms with Gasteiger partial charge in [0.1, 0.15) is 5.37 Å². The normalized spacial score (nSPS) is 24.8. The molecule has 0 bridgehead atoms. The molecule has 4 N–H and O–H groups in total. The Kier molecular flexibility index (Phi) is 4.17. The summed E-state index contributed by atoms with van der Waals surface area (Å²) >= 11 is 1.61. The molecule has 1 aromatic carbocycles. The van der Waals surface area contributed by atoms with E-state index in [1.54, 1.807) is 23.9 Å². The molecule has 1 aromatic rings. The molecule has 0 spiro atoms. The number of hydrazone groups is 1. The predicted molar refractivity (Wildman–Crippen MR) is 87.9 cm³/mol. The van der Waals surface area contributed by atoms with Crippen molar-refractivity contribution in [2.75, 3.05) is 18.0 Å². The van der Waals surface area contributed by atoms with Crippen LogP contribution in [0.5, 0.6) is 0 Å². The van der Waals surface area contributed by atoms with Crippen molar-refractivity contribution in [1.82, 2.24) is 10.7 Å². The number of hydrogen-bond donors (Lipinski definition) is 3. The summed E-state index contributed by atoms with van der Waals surface area (Å²) in [4.78, 5) is 23.7. The summed E-state index contributed by atoms with van der Waals surface area (Å²) in [5.41, 5.74) is 11.2. The lowest BCUT2D eigenvalue weighted by Gasteiger charge is -2.20. The number of carbonyl (C=O) groups excluding carboxylic acids is 2. The highest BCUT2D eigenvalue weighted by Gasteiger charge is 2.26. The van der Waals surface area contributed by atoms with E-state index in [0.29, 0.717) is 17.7 Å². The van der Waals surface area contributed by atoms with Crippen LogP contribution in [-0.2, 0) is 4.79 Å². The van der Waals surface area contributed by atoms with Crippen molar-refractivity contribution in [1.29, 1.82) is 0 Å². The first kappa shape index (κ1) is 15.1. The molecule has 0 radical (unpaired) electrons. The summed E-state index contributed by atoms with van der Waals surface area (Å²) in [6.07, 6.45) is 0.390. The molecule has 2 aliphatic heterocycles. The van der Waals surface area contributed by atoms with Gasteiger partial charge in [-0.25, -0.2) is 5.43 Å². The molecule has 0 aromatic heterocycles. The van der Waals surface area contributed by atoms with Crippen LogP contribution in [0.3, 0.4) is 0 Å². The Morgan fingerprint density at radius 1 is 1.45 bits per heavy atom. The Balaban J connectivity index is 1.86. The smallest absolute Gasteiger partial charge is 0.240 e. The minimum Gasteiger partial charge on any atom is -0.398 e. The summed E-state index contributed by atoms with van der Waals surface area (Å²) in [6.45, 7) is 2.79. The van der Waals surface area contributed by atoms with E-state index in [9.17, 15) is 9.59 Å². The van der Waals surface area contributed by atoms with Gasteiger partial charge in [0, 0.05) is 41.5 Å². The van der Waals surface area contributed by atoms with Crippen LogP contribution in [0, 0.1) is 5.92 Å². The maximum atomic E-state index is 12.4. The minimum atomic E-state index is -0.185. The molecular weight excluding hydrogens is 300 g/mol. The van der Waals surface area contributed by atoms with Crippen molar-refractivity contribution >= 4 is 34.9 Å². The van der Waals surface area contributed by atoms with Crippen LogP contribution in [0.15, 0.2) is 23.3 Å². The fraction of sp³-hybridized carbons (Fsp3) is 0.400. The van der Waals surface area contributed by atoms with Gasteiger partial charge in [0.2, 0.25) is 5.91 Å². The minimum absolute atomic E-state index is 0.00431. The van der Waals surface area contributed by atoms with Crippen LogP contribution < -0.4 is 16.5 Å². The topological polar surface area (TPSA) is 96.6 Å². The average molecular weight is 318 g/mol. The molecule has 0 aliphatic carbocycles. The third-order valence-electron chi connectivity index (χ3n) is 3.83. The predicted octanol–water partition coefficient (Wildman–Crippen LogP) is 0.974. The second kappa shape index (κ2) is 6.10. The Labute approximate surface area is 132 Å². The number of anilines is 1. The molecule has 22 heavy (non-hydrogen) atoms. The Morgan fingerprint density at radius 2 is 2.27 bits per heavy atom. The lowest BCUT2D eigenvalue weighted by molar-refractivity contribution is -0.121. The van der Waals surface area contributed by atoms with Gasteiger partial charge in [0.05, 0.1) is 5.71 Å². The molecule has 3 rings (SSSR count). The number of Topliss-reactive ketones (excluding diaryl/α,β-unsaturated/α-hetero) is 1. The molecule has 1 fully saturated rings. The number of nitrogens with zero attached hydrogens (tertiary/aromatic N) is 1. The van der Waals surface area contributed by atoms with Gasteiger partial charge < -0.3 is 5.73 Å². The zero-order valence-corrected chi connectivity index (χ0v) is 13.1. The van der Waals surface area contributed by atoms with Crippen LogP contribution in [0.25, 0.3) is 0 Å². The molecule has 1 saturated heterocycles. The summed E-state index contributed by atoms with van der Waals surface area (Å²) in [6, 6.07) is 5.29. The van der Waals surface area contributed by atoms with E-state index < -0.39 is 0 Å². The zero-order valence-electron chi connectivity index (χ0n) is 12.3. The maximum Gasteiger partial charge on any atom is 0.240 e. The first-order valence-electron chi connectivity index (χ1n) is 7.22. The monoisotopic (exact) mass is 318 g/mol. The van der Waals surface area contributed by atoms with E-state index in [-0.39, 0.29) is 23.0 Å². The van der Waals surface area contributed by atoms with Gasteiger partial charge in [-0.05, 0) is 6.07 Å². The third-order valence-corrected chi connectivity index (χ3v) is 4.98. The van der Waals surface area contributed by atoms with Gasteiger partial charge in [-0.1, -0.05) is 19.1 Å². The van der Waals surface area contributed by atoms with E-state index in [2.05, 4.69) is 15.8 Å². The van der Waals surface area contributed by atoms with Crippen LogP contribution in [0.1, 0.15) is 29.3 Å². The van der Waals surface area contributed by atoms with Crippen molar-refractivity contribution in [2.24, 2.45) is 11.0 Å². The molecule has 1 amide bonds. The molecule has 116 valence electrons. The molecular formula is C15H18N4O2S. The molecule has 2 atom stereocenters. The summed E-state index contributed by atoms with van der Waals surface area (Å²) in [5, 5.41) is 7.09. The number of nitrogen functional groups attached to an aromatic ring is 1. The number of thioether (sulfide) groups is 1. The van der Waals surface area contributed by atoms with Crippen LogP contribution >= 0.6 is 11.8 Å². The quantitative estimate of drug-likeness (QED) is 0.570. The fourth-order valence-corrected chi connectivity index (χ4v) is 3.67. The van der Waals surface area contributed by atoms with E-state index in [4.69, 9.17) is 5.73 Å². The van der Waals surface area contributed by atoms with Crippen LogP contribution in [0.2, 0.25) is 0 Å². The fourth-order valence-electron chi connectivity index (χ4n) is 2.67. The van der Waals surface area contributed by atoms with Crippen molar-refractivity contribution in [3.63, 3.8) is 0 Å². The Bertz CT molecular complexity index is 653. The van der Waals surface area contributed by atoms with Crippen molar-refractivity contribution in [2.45, 2.75) is 18.7 Å². The van der Waals surface area contributed by atoms with Gasteiger partial charge in [0.15, 0.2) is 5.78 Å². The lowest BCUT2D eigenvalue weighted by atomic mass is 9.92. The highest BCUT2D eigenvalue weighted by Crippen LogP contribution is 2.25. The number of hydrogen-bond acceptors (Lipinski definition) is 6. The Hall–Kier alpha value is -1.86. The van der Waals surface area contributed by atoms with Crippen molar-refractivity contribution in [3.05, 3.63) is 29.3 Å². The number of nitrogens with two attached hydrogens (primary N) is 1. The zero-order chi connectivity index (χ0) is 15.7. The standard InChI is InChI=1S/C15H18N4O2S/c1-8-6-12(20)18-19-13(8)10-3-2-9(7-11(10)16)14(21)15-17-4-5-22-15/h2-3,7-8,15,17H,4-6,16H2,1H3,(H,18,20). The van der Waals surface area contributed by atoms with Gasteiger partial charge in [0.25, 0.3) is 0 Å². The molecule has 6 nitrogen and oxygen atoms in total.